The average molecular weight is 312 g/mol. The third-order valence-corrected chi connectivity index (χ3v) is 4.89. The van der Waals surface area contributed by atoms with Gasteiger partial charge in [-0.25, -0.2) is 4.98 Å². The second kappa shape index (κ2) is 6.83. The van der Waals surface area contributed by atoms with Gasteiger partial charge in [-0.05, 0) is 6.42 Å². The molecule has 0 spiro atoms. The van der Waals surface area contributed by atoms with Crippen molar-refractivity contribution < 1.29 is 4.42 Å². The Bertz CT molecular complexity index is 621. The van der Waals surface area contributed by atoms with Crippen LogP contribution in [0.2, 0.25) is 0 Å². The van der Waals surface area contributed by atoms with E-state index in [1.165, 1.54) is 19.5 Å². The molecule has 23 heavy (non-hydrogen) atoms. The normalized spacial score (nSPS) is 23.4. The van der Waals surface area contributed by atoms with Gasteiger partial charge in [0.1, 0.15) is 0 Å². The lowest BCUT2D eigenvalue weighted by molar-refractivity contribution is 0.168. The maximum Gasteiger partial charge on any atom is 0.209 e. The summed E-state index contributed by atoms with van der Waals surface area (Å²) in [5.74, 6) is 1.68. The van der Waals surface area contributed by atoms with Gasteiger partial charge in [-0.1, -0.05) is 30.3 Å². The molecule has 2 saturated heterocycles. The maximum atomic E-state index is 5.94. The highest BCUT2D eigenvalue weighted by atomic mass is 16.4. The Morgan fingerprint density at radius 2 is 1.96 bits per heavy atom. The number of hydrogen-bond acceptors (Lipinski definition) is 5. The first-order chi connectivity index (χ1) is 11.4. The molecule has 1 aromatic heterocycles. The van der Waals surface area contributed by atoms with Crippen molar-refractivity contribution in [3.8, 4) is 11.3 Å². The molecular formula is C18H24N4O. The molecule has 0 saturated carbocycles. The molecule has 1 aromatic carbocycles. The van der Waals surface area contributed by atoms with E-state index in [4.69, 9.17) is 4.42 Å². The molecule has 1 unspecified atom stereocenters. The predicted molar refractivity (Wildman–Crippen MR) is 90.1 cm³/mol. The summed E-state index contributed by atoms with van der Waals surface area (Å²) in [6, 6.07) is 10.9. The van der Waals surface area contributed by atoms with Crippen LogP contribution in [0.15, 0.2) is 40.9 Å². The number of oxazole rings is 1. The SMILES string of the molecule is c1ccc(-c2cnc(CN3CCC(N4CCNCC4)C3)o2)cc1. The number of rotatable bonds is 4. The molecule has 5 heteroatoms. The number of hydrogen-bond donors (Lipinski definition) is 1. The Balaban J connectivity index is 1.35. The van der Waals surface area contributed by atoms with Gasteiger partial charge in [0.25, 0.3) is 0 Å². The van der Waals surface area contributed by atoms with Crippen LogP contribution < -0.4 is 5.32 Å². The number of nitrogens with one attached hydrogen (secondary N) is 1. The Morgan fingerprint density at radius 3 is 2.78 bits per heavy atom. The first-order valence-electron chi connectivity index (χ1n) is 8.56. The van der Waals surface area contributed by atoms with Gasteiger partial charge in [-0.2, -0.15) is 0 Å². The van der Waals surface area contributed by atoms with Crippen molar-refractivity contribution in [1.82, 2.24) is 20.1 Å². The van der Waals surface area contributed by atoms with E-state index >= 15 is 0 Å². The first kappa shape index (κ1) is 14.9. The van der Waals surface area contributed by atoms with Crippen molar-refractivity contribution in [2.24, 2.45) is 0 Å². The fourth-order valence-electron chi connectivity index (χ4n) is 3.61. The summed E-state index contributed by atoms with van der Waals surface area (Å²) in [4.78, 5) is 9.55. The second-order valence-corrected chi connectivity index (χ2v) is 6.45. The fraction of sp³-hybridized carbons (Fsp3) is 0.500. The van der Waals surface area contributed by atoms with Crippen molar-refractivity contribution in [1.29, 1.82) is 0 Å². The largest absolute Gasteiger partial charge is 0.439 e. The molecule has 1 N–H and O–H groups in total. The van der Waals surface area contributed by atoms with Crippen LogP contribution in [0.5, 0.6) is 0 Å². The van der Waals surface area contributed by atoms with E-state index in [9.17, 15) is 0 Å². The summed E-state index contributed by atoms with van der Waals surface area (Å²) in [6.07, 6.45) is 3.10. The van der Waals surface area contributed by atoms with Gasteiger partial charge >= 0.3 is 0 Å². The minimum atomic E-state index is 0.695. The van der Waals surface area contributed by atoms with Crippen LogP contribution in [-0.2, 0) is 6.54 Å². The molecule has 0 amide bonds. The van der Waals surface area contributed by atoms with Gasteiger partial charge in [0, 0.05) is 50.9 Å². The third kappa shape index (κ3) is 3.47. The number of aromatic nitrogens is 1. The third-order valence-electron chi connectivity index (χ3n) is 4.89. The van der Waals surface area contributed by atoms with E-state index in [0.717, 1.165) is 49.9 Å². The second-order valence-electron chi connectivity index (χ2n) is 6.45. The number of nitrogens with zero attached hydrogens (tertiary/aromatic N) is 3. The van der Waals surface area contributed by atoms with Crippen LogP contribution in [-0.4, -0.2) is 60.1 Å². The summed E-state index contributed by atoms with van der Waals surface area (Å²) in [6.45, 7) is 7.68. The standard InChI is InChI=1S/C18H24N4O/c1-2-4-15(5-3-1)17-12-20-18(23-17)14-21-9-6-16(13-21)22-10-7-19-8-11-22/h1-5,12,16,19H,6-11,13-14H2. The first-order valence-corrected chi connectivity index (χ1v) is 8.56. The highest BCUT2D eigenvalue weighted by Crippen LogP contribution is 2.22. The molecule has 5 nitrogen and oxygen atoms in total. The predicted octanol–water partition coefficient (Wildman–Crippen LogP) is 1.82. The molecule has 122 valence electrons. The zero-order chi connectivity index (χ0) is 15.5. The average Bonchev–Trinajstić information content (AvgIpc) is 3.27. The van der Waals surface area contributed by atoms with Crippen LogP contribution in [0, 0.1) is 0 Å². The minimum Gasteiger partial charge on any atom is -0.439 e. The van der Waals surface area contributed by atoms with Crippen molar-refractivity contribution in [2.45, 2.75) is 19.0 Å². The quantitative estimate of drug-likeness (QED) is 0.933. The van der Waals surface area contributed by atoms with E-state index in [0.29, 0.717) is 6.04 Å². The zero-order valence-corrected chi connectivity index (χ0v) is 13.4. The highest BCUT2D eigenvalue weighted by molar-refractivity contribution is 5.55. The lowest BCUT2D eigenvalue weighted by atomic mass is 10.2. The molecular weight excluding hydrogens is 288 g/mol. The van der Waals surface area contributed by atoms with Gasteiger partial charge in [0.05, 0.1) is 12.7 Å². The molecule has 1 atom stereocenters. The monoisotopic (exact) mass is 312 g/mol. The van der Waals surface area contributed by atoms with E-state index < -0.39 is 0 Å². The highest BCUT2D eigenvalue weighted by Gasteiger charge is 2.29. The van der Waals surface area contributed by atoms with Crippen molar-refractivity contribution >= 4 is 0 Å². The van der Waals surface area contributed by atoms with Gasteiger partial charge in [0.15, 0.2) is 5.76 Å². The Labute approximate surface area is 137 Å². The molecule has 4 rings (SSSR count). The summed E-state index contributed by atoms with van der Waals surface area (Å²) in [5.41, 5.74) is 1.09. The molecule has 0 aliphatic carbocycles. The Hall–Kier alpha value is -1.69. The lowest BCUT2D eigenvalue weighted by Crippen LogP contribution is -2.49. The molecule has 2 aliphatic heterocycles. The van der Waals surface area contributed by atoms with Crippen LogP contribution >= 0.6 is 0 Å². The Morgan fingerprint density at radius 1 is 1.13 bits per heavy atom. The Kier molecular flexibility index (Phi) is 4.41. The number of piperazine rings is 1. The van der Waals surface area contributed by atoms with E-state index in [-0.39, 0.29) is 0 Å². The summed E-state index contributed by atoms with van der Waals surface area (Å²) in [5, 5.41) is 3.43. The molecule has 2 aromatic rings. The molecule has 0 bridgehead atoms. The lowest BCUT2D eigenvalue weighted by Gasteiger charge is -2.32. The smallest absolute Gasteiger partial charge is 0.209 e. The van der Waals surface area contributed by atoms with Crippen LogP contribution in [0.25, 0.3) is 11.3 Å². The van der Waals surface area contributed by atoms with E-state index in [2.05, 4.69) is 32.2 Å². The van der Waals surface area contributed by atoms with Crippen LogP contribution in [0.3, 0.4) is 0 Å². The maximum absolute atomic E-state index is 5.94. The molecule has 3 heterocycles. The van der Waals surface area contributed by atoms with Crippen LogP contribution in [0.1, 0.15) is 12.3 Å². The van der Waals surface area contributed by atoms with E-state index in [1.54, 1.807) is 0 Å². The van der Waals surface area contributed by atoms with Crippen molar-refractivity contribution in [2.75, 3.05) is 39.3 Å². The summed E-state index contributed by atoms with van der Waals surface area (Å²) >= 11 is 0. The molecule has 2 aliphatic rings. The van der Waals surface area contributed by atoms with Crippen molar-refractivity contribution in [3.63, 3.8) is 0 Å². The van der Waals surface area contributed by atoms with Crippen molar-refractivity contribution in [3.05, 3.63) is 42.4 Å². The van der Waals surface area contributed by atoms with Gasteiger partial charge in [-0.3, -0.25) is 9.80 Å². The number of benzene rings is 1. The zero-order valence-electron chi connectivity index (χ0n) is 13.4. The minimum absolute atomic E-state index is 0.695. The van der Waals surface area contributed by atoms with Gasteiger partial charge in [-0.15, -0.1) is 0 Å². The fourth-order valence-corrected chi connectivity index (χ4v) is 3.61. The topological polar surface area (TPSA) is 44.5 Å². The van der Waals surface area contributed by atoms with Gasteiger partial charge < -0.3 is 9.73 Å². The molecule has 0 radical (unpaired) electrons. The van der Waals surface area contributed by atoms with Gasteiger partial charge in [0.2, 0.25) is 5.89 Å². The molecule has 2 fully saturated rings. The van der Waals surface area contributed by atoms with E-state index in [1.807, 2.05) is 24.4 Å². The number of likely N-dealkylation sites (tertiary alicyclic amines) is 1. The summed E-state index contributed by atoms with van der Waals surface area (Å²) < 4.78 is 5.94. The van der Waals surface area contributed by atoms with Crippen LogP contribution in [0.4, 0.5) is 0 Å². The summed E-state index contributed by atoms with van der Waals surface area (Å²) in [7, 11) is 0.